The van der Waals surface area contributed by atoms with Gasteiger partial charge < -0.3 is 0 Å². The van der Waals surface area contributed by atoms with Crippen molar-refractivity contribution in [1.82, 2.24) is 0 Å². The fraction of sp³-hybridized carbons (Fsp3) is 0. The fourth-order valence-electron chi connectivity index (χ4n) is 6.73. The van der Waals surface area contributed by atoms with E-state index in [2.05, 4.69) is 36.4 Å². The standard InChI is InChI=1S/C48H32/c1-3-12-33(13-4-1)35-22-24-36(25-23-35)39-18-11-19-42(31-39)48-44-21-10-9-20-43(44)47(37-15-5-2-6-16-37)46-32-41(28-29-45(46)48)40-27-26-34-14-7-8-17-38(34)30-40/h1-32H/i9D,10D,20D,21D,28D,29D,32D. The first-order valence-corrected chi connectivity index (χ1v) is 16.0. The molecule has 9 aromatic carbocycles. The van der Waals surface area contributed by atoms with Crippen LogP contribution in [0.3, 0.4) is 0 Å². The molecule has 224 valence electrons. The maximum Gasteiger partial charge on any atom is 0.0636 e. The average Bonchev–Trinajstić information content (AvgIpc) is 3.23. The van der Waals surface area contributed by atoms with E-state index in [0.717, 1.165) is 33.0 Å². The Morgan fingerprint density at radius 3 is 1.52 bits per heavy atom. The topological polar surface area (TPSA) is 0 Å². The van der Waals surface area contributed by atoms with Crippen molar-refractivity contribution in [3.8, 4) is 55.6 Å². The Balaban J connectivity index is 1.41. The van der Waals surface area contributed by atoms with Crippen molar-refractivity contribution in [2.75, 3.05) is 0 Å². The molecule has 9 rings (SSSR count). The summed E-state index contributed by atoms with van der Waals surface area (Å²) < 4.78 is 65.5. The number of hydrogen-bond acceptors (Lipinski definition) is 0. The van der Waals surface area contributed by atoms with Crippen LogP contribution in [-0.4, -0.2) is 0 Å². The van der Waals surface area contributed by atoms with Gasteiger partial charge in [-0.15, -0.1) is 0 Å². The van der Waals surface area contributed by atoms with E-state index in [4.69, 9.17) is 2.74 Å². The van der Waals surface area contributed by atoms with Crippen molar-refractivity contribution in [3.05, 3.63) is 194 Å². The lowest BCUT2D eigenvalue weighted by Gasteiger charge is -2.19. The third kappa shape index (κ3) is 4.96. The van der Waals surface area contributed by atoms with Gasteiger partial charge >= 0.3 is 0 Å². The summed E-state index contributed by atoms with van der Waals surface area (Å²) in [5.41, 5.74) is 7.04. The third-order valence-electron chi connectivity index (χ3n) is 9.08. The van der Waals surface area contributed by atoms with E-state index in [1.165, 1.54) is 0 Å². The van der Waals surface area contributed by atoms with Gasteiger partial charge in [0.2, 0.25) is 0 Å². The zero-order chi connectivity index (χ0) is 38.0. The summed E-state index contributed by atoms with van der Waals surface area (Å²) in [6.07, 6.45) is 0. The average molecular weight is 616 g/mol. The van der Waals surface area contributed by atoms with Crippen LogP contribution in [0.1, 0.15) is 9.60 Å². The van der Waals surface area contributed by atoms with Crippen LogP contribution in [0.4, 0.5) is 0 Å². The van der Waals surface area contributed by atoms with Gasteiger partial charge in [-0.2, -0.15) is 0 Å². The molecule has 0 aliphatic heterocycles. The van der Waals surface area contributed by atoms with Crippen LogP contribution in [0.2, 0.25) is 0 Å². The lowest BCUT2D eigenvalue weighted by atomic mass is 9.84. The van der Waals surface area contributed by atoms with Crippen LogP contribution in [0.5, 0.6) is 0 Å². The molecule has 0 amide bonds. The Bertz CT molecular complexity index is 2970. The maximum atomic E-state index is 9.94. The van der Waals surface area contributed by atoms with Crippen molar-refractivity contribution in [1.29, 1.82) is 0 Å². The molecule has 0 nitrogen and oxygen atoms in total. The lowest BCUT2D eigenvalue weighted by molar-refractivity contribution is 1.58. The summed E-state index contributed by atoms with van der Waals surface area (Å²) >= 11 is 0. The van der Waals surface area contributed by atoms with E-state index in [0.29, 0.717) is 44.2 Å². The molecule has 0 unspecified atom stereocenters. The first-order chi connectivity index (χ1) is 26.7. The van der Waals surface area contributed by atoms with Gasteiger partial charge in [-0.05, 0) is 106 Å². The maximum absolute atomic E-state index is 9.94. The SMILES string of the molecule is [2H]c1c([2H])c([2H])c2c(-c3ccccc3)c3c([2H])c(-c4ccc5ccccc5c4)c([2H])c([2H])c3c(-c3cccc(-c4ccc(-c5ccccc5)cc4)c3)c2c1[2H]. The van der Waals surface area contributed by atoms with Gasteiger partial charge in [0, 0.05) is 0 Å². The van der Waals surface area contributed by atoms with Crippen LogP contribution < -0.4 is 0 Å². The van der Waals surface area contributed by atoms with Crippen LogP contribution in [0.25, 0.3) is 88.0 Å². The summed E-state index contributed by atoms with van der Waals surface area (Å²) in [7, 11) is 0. The lowest BCUT2D eigenvalue weighted by Crippen LogP contribution is -1.92. The van der Waals surface area contributed by atoms with E-state index in [1.807, 2.05) is 115 Å². The minimum Gasteiger partial charge on any atom is -0.0622 e. The van der Waals surface area contributed by atoms with Gasteiger partial charge in [0.25, 0.3) is 0 Å². The molecule has 0 heteroatoms. The predicted octanol–water partition coefficient (Wildman–Crippen LogP) is 13.5. The molecule has 48 heavy (non-hydrogen) atoms. The number of fused-ring (bicyclic) bond motifs is 3. The molecule has 9 aromatic rings. The van der Waals surface area contributed by atoms with E-state index >= 15 is 0 Å². The van der Waals surface area contributed by atoms with Gasteiger partial charge in [-0.1, -0.05) is 176 Å². The van der Waals surface area contributed by atoms with E-state index in [9.17, 15) is 6.85 Å². The summed E-state index contributed by atoms with van der Waals surface area (Å²) in [6, 6.07) is 47.7. The minimum absolute atomic E-state index is 0.0216. The first-order valence-electron chi connectivity index (χ1n) is 19.5. The predicted molar refractivity (Wildman–Crippen MR) is 206 cm³/mol. The van der Waals surface area contributed by atoms with Crippen LogP contribution in [-0.2, 0) is 0 Å². The Labute approximate surface area is 291 Å². The molecular weight excluding hydrogens is 577 g/mol. The van der Waals surface area contributed by atoms with Crippen LogP contribution in [0.15, 0.2) is 194 Å². The zero-order valence-electron chi connectivity index (χ0n) is 32.9. The highest BCUT2D eigenvalue weighted by molar-refractivity contribution is 6.22. The molecule has 0 bridgehead atoms. The molecule has 0 heterocycles. The van der Waals surface area contributed by atoms with Crippen molar-refractivity contribution < 1.29 is 9.60 Å². The van der Waals surface area contributed by atoms with Gasteiger partial charge in [-0.3, -0.25) is 0 Å². The van der Waals surface area contributed by atoms with Crippen molar-refractivity contribution in [2.45, 2.75) is 0 Å². The third-order valence-corrected chi connectivity index (χ3v) is 9.08. The molecule has 0 aliphatic rings. The highest BCUT2D eigenvalue weighted by Gasteiger charge is 2.18. The summed E-state index contributed by atoms with van der Waals surface area (Å²) in [6.45, 7) is 0. The van der Waals surface area contributed by atoms with Crippen LogP contribution >= 0.6 is 0 Å². The normalized spacial score (nSPS) is 13.4. The minimum atomic E-state index is -0.388. The molecule has 0 radical (unpaired) electrons. The summed E-state index contributed by atoms with van der Waals surface area (Å²) in [4.78, 5) is 0. The van der Waals surface area contributed by atoms with E-state index in [1.54, 1.807) is 0 Å². The molecule has 0 saturated heterocycles. The second-order valence-electron chi connectivity index (χ2n) is 12.0. The summed E-state index contributed by atoms with van der Waals surface area (Å²) in [5, 5.41) is 3.13. The van der Waals surface area contributed by atoms with Gasteiger partial charge in [0.1, 0.15) is 0 Å². The van der Waals surface area contributed by atoms with Gasteiger partial charge in [-0.25, -0.2) is 0 Å². The largest absolute Gasteiger partial charge is 0.0636 e. The second-order valence-corrected chi connectivity index (χ2v) is 12.0. The zero-order valence-corrected chi connectivity index (χ0v) is 25.9. The molecule has 0 aliphatic carbocycles. The first kappa shape index (κ1) is 21.5. The van der Waals surface area contributed by atoms with Gasteiger partial charge in [0.15, 0.2) is 0 Å². The number of hydrogen-bond donors (Lipinski definition) is 0. The summed E-state index contributed by atoms with van der Waals surface area (Å²) in [5.74, 6) is 0. The smallest absolute Gasteiger partial charge is 0.0622 e. The molecular formula is C48H32. The Hall–Kier alpha value is -6.24. The van der Waals surface area contributed by atoms with Crippen LogP contribution in [0, 0.1) is 0 Å². The molecule has 0 spiro atoms. The quantitative estimate of drug-likeness (QED) is 0.169. The molecule has 0 saturated carbocycles. The Morgan fingerprint density at radius 1 is 0.292 bits per heavy atom. The Morgan fingerprint density at radius 2 is 0.792 bits per heavy atom. The van der Waals surface area contributed by atoms with E-state index in [-0.39, 0.29) is 53.1 Å². The van der Waals surface area contributed by atoms with Crippen molar-refractivity contribution in [2.24, 2.45) is 0 Å². The molecule has 0 N–H and O–H groups in total. The Kier molecular flexibility index (Phi) is 5.31. The molecule has 0 atom stereocenters. The van der Waals surface area contributed by atoms with Crippen molar-refractivity contribution in [3.63, 3.8) is 0 Å². The highest BCUT2D eigenvalue weighted by atomic mass is 14.2. The monoisotopic (exact) mass is 615 g/mol. The number of benzene rings is 9. The van der Waals surface area contributed by atoms with E-state index < -0.39 is 0 Å². The van der Waals surface area contributed by atoms with Crippen molar-refractivity contribution >= 4 is 32.3 Å². The number of rotatable bonds is 5. The highest BCUT2D eigenvalue weighted by Crippen LogP contribution is 2.45. The fourth-order valence-corrected chi connectivity index (χ4v) is 6.73. The molecule has 0 aromatic heterocycles. The van der Waals surface area contributed by atoms with Gasteiger partial charge in [0.05, 0.1) is 9.60 Å². The second kappa shape index (κ2) is 11.8. The molecule has 0 fully saturated rings.